The molecule has 0 bridgehead atoms. The second-order valence-corrected chi connectivity index (χ2v) is 4.38. The van der Waals surface area contributed by atoms with E-state index in [0.717, 1.165) is 26.2 Å². The van der Waals surface area contributed by atoms with E-state index < -0.39 is 0 Å². The summed E-state index contributed by atoms with van der Waals surface area (Å²) in [5.41, 5.74) is 1.61. The first kappa shape index (κ1) is 11.5. The molecule has 0 amide bonds. The highest BCUT2D eigenvalue weighted by molar-refractivity contribution is 5.52. The number of nitrogens with one attached hydrogen (secondary N) is 1. The third-order valence-corrected chi connectivity index (χ3v) is 3.31. The molecule has 0 radical (unpaired) electrons. The van der Waals surface area contributed by atoms with E-state index in [1.165, 1.54) is 5.69 Å². The minimum Gasteiger partial charge on any atom is -0.367 e. The van der Waals surface area contributed by atoms with Gasteiger partial charge in [-0.15, -0.1) is 0 Å². The summed E-state index contributed by atoms with van der Waals surface area (Å²) in [5.74, 6) is 0.693. The molecule has 3 rings (SSSR count). The van der Waals surface area contributed by atoms with Gasteiger partial charge >= 0.3 is 0 Å². The summed E-state index contributed by atoms with van der Waals surface area (Å²) in [4.78, 5) is 15.8. The molecule has 1 fully saturated rings. The maximum absolute atomic E-state index is 9.06. The summed E-state index contributed by atoms with van der Waals surface area (Å²) in [6.07, 6.45) is 7.11. The monoisotopic (exact) mass is 254 g/mol. The van der Waals surface area contributed by atoms with Gasteiger partial charge in [-0.2, -0.15) is 5.26 Å². The molecule has 6 nitrogen and oxygen atoms in total. The van der Waals surface area contributed by atoms with Crippen LogP contribution < -0.4 is 9.80 Å². The van der Waals surface area contributed by atoms with E-state index in [0.29, 0.717) is 11.5 Å². The Morgan fingerprint density at radius 2 is 1.84 bits per heavy atom. The van der Waals surface area contributed by atoms with Crippen molar-refractivity contribution in [1.29, 1.82) is 5.26 Å². The second-order valence-electron chi connectivity index (χ2n) is 4.38. The summed E-state index contributed by atoms with van der Waals surface area (Å²) in [6.45, 7) is 3.52. The first-order valence-electron chi connectivity index (χ1n) is 6.22. The predicted octanol–water partition coefficient (Wildman–Crippen LogP) is 1.00. The molecular weight excluding hydrogens is 240 g/mol. The van der Waals surface area contributed by atoms with E-state index in [9.17, 15) is 0 Å². The van der Waals surface area contributed by atoms with Crippen LogP contribution in [0.5, 0.6) is 0 Å². The number of nitriles is 1. The smallest absolute Gasteiger partial charge is 0.183 e. The molecule has 1 saturated heterocycles. The Hall–Kier alpha value is -2.55. The molecule has 6 heteroatoms. The molecule has 0 spiro atoms. The lowest BCUT2D eigenvalue weighted by Gasteiger charge is -2.36. The molecule has 2 aromatic rings. The van der Waals surface area contributed by atoms with Gasteiger partial charge in [0.25, 0.3) is 0 Å². The molecule has 1 aliphatic heterocycles. The zero-order valence-corrected chi connectivity index (χ0v) is 10.5. The number of hydrogen-bond donors (Lipinski definition) is 1. The quantitative estimate of drug-likeness (QED) is 0.865. The van der Waals surface area contributed by atoms with Crippen molar-refractivity contribution in [3.63, 3.8) is 0 Å². The van der Waals surface area contributed by atoms with Crippen LogP contribution in [0.15, 0.2) is 30.9 Å². The molecular formula is C13H14N6. The minimum atomic E-state index is 0.401. The van der Waals surface area contributed by atoms with E-state index in [2.05, 4.69) is 36.9 Å². The largest absolute Gasteiger partial charge is 0.367 e. The van der Waals surface area contributed by atoms with Gasteiger partial charge in [-0.05, 0) is 6.07 Å². The van der Waals surface area contributed by atoms with Crippen LogP contribution in [0.25, 0.3) is 0 Å². The van der Waals surface area contributed by atoms with Gasteiger partial charge in [0.15, 0.2) is 11.5 Å². The van der Waals surface area contributed by atoms with E-state index in [1.807, 2.05) is 12.4 Å². The molecule has 2 aromatic heterocycles. The standard InChI is InChI=1S/C13H14N6/c14-9-12-13(17-4-3-16-12)19-7-5-18(6-8-19)11-1-2-15-10-11/h1-4,10,15H,5-8H2. The Bertz CT molecular complexity index is 577. The first-order chi connectivity index (χ1) is 9.38. The highest BCUT2D eigenvalue weighted by Crippen LogP contribution is 2.19. The SMILES string of the molecule is N#Cc1nccnc1N1CCN(c2cc[nH]c2)CC1. The van der Waals surface area contributed by atoms with E-state index in [-0.39, 0.29) is 0 Å². The zero-order valence-electron chi connectivity index (χ0n) is 10.5. The Labute approximate surface area is 111 Å². The van der Waals surface area contributed by atoms with Crippen LogP contribution in [-0.4, -0.2) is 41.1 Å². The van der Waals surface area contributed by atoms with Gasteiger partial charge < -0.3 is 14.8 Å². The van der Waals surface area contributed by atoms with Gasteiger partial charge in [0.05, 0.1) is 5.69 Å². The first-order valence-corrected chi connectivity index (χ1v) is 6.22. The van der Waals surface area contributed by atoms with Crippen LogP contribution in [0.4, 0.5) is 11.5 Å². The van der Waals surface area contributed by atoms with Crippen molar-refractivity contribution in [2.24, 2.45) is 0 Å². The molecule has 1 aliphatic rings. The second kappa shape index (κ2) is 4.98. The van der Waals surface area contributed by atoms with Gasteiger partial charge in [0, 0.05) is 51.0 Å². The summed E-state index contributed by atoms with van der Waals surface area (Å²) in [7, 11) is 0. The maximum Gasteiger partial charge on any atom is 0.183 e. The molecule has 0 unspecified atom stereocenters. The predicted molar refractivity (Wildman–Crippen MR) is 72.0 cm³/mol. The number of nitrogens with zero attached hydrogens (tertiary/aromatic N) is 5. The lowest BCUT2D eigenvalue weighted by atomic mass is 10.2. The summed E-state index contributed by atoms with van der Waals surface area (Å²) in [5, 5.41) is 9.06. The van der Waals surface area contributed by atoms with Gasteiger partial charge in [-0.25, -0.2) is 9.97 Å². The lowest BCUT2D eigenvalue weighted by molar-refractivity contribution is 0.646. The normalized spacial score (nSPS) is 15.3. The van der Waals surface area contributed by atoms with Crippen LogP contribution >= 0.6 is 0 Å². The fraction of sp³-hybridized carbons (Fsp3) is 0.308. The van der Waals surface area contributed by atoms with Crippen molar-refractivity contribution in [2.45, 2.75) is 0 Å². The van der Waals surface area contributed by atoms with Crippen LogP contribution in [0.3, 0.4) is 0 Å². The van der Waals surface area contributed by atoms with Crippen LogP contribution in [0, 0.1) is 11.3 Å². The summed E-state index contributed by atoms with van der Waals surface area (Å²) < 4.78 is 0. The van der Waals surface area contributed by atoms with Crippen molar-refractivity contribution in [3.05, 3.63) is 36.5 Å². The van der Waals surface area contributed by atoms with Crippen molar-refractivity contribution in [1.82, 2.24) is 15.0 Å². The van der Waals surface area contributed by atoms with Gasteiger partial charge in [0.1, 0.15) is 6.07 Å². The fourth-order valence-electron chi connectivity index (χ4n) is 2.33. The topological polar surface area (TPSA) is 71.8 Å². The van der Waals surface area contributed by atoms with Crippen molar-refractivity contribution >= 4 is 11.5 Å². The highest BCUT2D eigenvalue weighted by atomic mass is 15.3. The van der Waals surface area contributed by atoms with Crippen LogP contribution in [0.1, 0.15) is 5.69 Å². The average molecular weight is 254 g/mol. The van der Waals surface area contributed by atoms with Crippen LogP contribution in [0.2, 0.25) is 0 Å². The molecule has 0 saturated carbocycles. The number of H-pyrrole nitrogens is 1. The molecule has 96 valence electrons. The Morgan fingerprint density at radius 3 is 2.53 bits per heavy atom. The molecule has 3 heterocycles. The molecule has 0 aromatic carbocycles. The van der Waals surface area contributed by atoms with E-state index >= 15 is 0 Å². The zero-order chi connectivity index (χ0) is 13.1. The molecule has 1 N–H and O–H groups in total. The van der Waals surface area contributed by atoms with Gasteiger partial charge in [-0.1, -0.05) is 0 Å². The van der Waals surface area contributed by atoms with Crippen LogP contribution in [-0.2, 0) is 0 Å². The number of piperazine rings is 1. The Morgan fingerprint density at radius 1 is 1.11 bits per heavy atom. The average Bonchev–Trinajstić information content (AvgIpc) is 3.02. The molecule has 19 heavy (non-hydrogen) atoms. The third kappa shape index (κ3) is 2.22. The number of aromatic amines is 1. The number of rotatable bonds is 2. The Balaban J connectivity index is 1.72. The number of anilines is 2. The maximum atomic E-state index is 9.06. The van der Waals surface area contributed by atoms with Crippen molar-refractivity contribution in [2.75, 3.05) is 36.0 Å². The minimum absolute atomic E-state index is 0.401. The highest BCUT2D eigenvalue weighted by Gasteiger charge is 2.20. The third-order valence-electron chi connectivity index (χ3n) is 3.31. The number of aromatic nitrogens is 3. The number of hydrogen-bond acceptors (Lipinski definition) is 5. The van der Waals surface area contributed by atoms with Crippen molar-refractivity contribution < 1.29 is 0 Å². The lowest BCUT2D eigenvalue weighted by Crippen LogP contribution is -2.47. The fourth-order valence-corrected chi connectivity index (χ4v) is 2.33. The summed E-state index contributed by atoms with van der Waals surface area (Å²) in [6, 6.07) is 4.17. The molecule has 0 atom stereocenters. The van der Waals surface area contributed by atoms with E-state index in [1.54, 1.807) is 12.4 Å². The molecule has 0 aliphatic carbocycles. The van der Waals surface area contributed by atoms with Gasteiger partial charge in [-0.3, -0.25) is 0 Å². The Kier molecular flexibility index (Phi) is 3.02. The summed E-state index contributed by atoms with van der Waals surface area (Å²) >= 11 is 0. The van der Waals surface area contributed by atoms with Gasteiger partial charge in [0.2, 0.25) is 0 Å². The van der Waals surface area contributed by atoms with E-state index in [4.69, 9.17) is 5.26 Å². The van der Waals surface area contributed by atoms with Crippen molar-refractivity contribution in [3.8, 4) is 6.07 Å².